The molecule has 2 fully saturated rings. The third-order valence-corrected chi connectivity index (χ3v) is 5.71. The van der Waals surface area contributed by atoms with Crippen LogP contribution in [0.5, 0.6) is 5.75 Å². The summed E-state index contributed by atoms with van der Waals surface area (Å²) in [6, 6.07) is 2.92. The molecule has 2 aliphatic rings. The first-order valence-corrected chi connectivity index (χ1v) is 8.99. The Morgan fingerprint density at radius 3 is 2.28 bits per heavy atom. The topological polar surface area (TPSA) is 70.8 Å². The van der Waals surface area contributed by atoms with Crippen LogP contribution in [-0.4, -0.2) is 29.3 Å². The van der Waals surface area contributed by atoms with Gasteiger partial charge in [0.1, 0.15) is 0 Å². The molecule has 3 rings (SSSR count). The molecule has 1 aliphatic heterocycles. The Morgan fingerprint density at radius 2 is 1.76 bits per heavy atom. The van der Waals surface area contributed by atoms with Crippen LogP contribution in [-0.2, 0) is 9.31 Å². The summed E-state index contributed by atoms with van der Waals surface area (Å²) in [5, 5.41) is 11.9. The van der Waals surface area contributed by atoms with Crippen molar-refractivity contribution in [3.63, 3.8) is 0 Å². The molecule has 0 bridgehead atoms. The van der Waals surface area contributed by atoms with E-state index in [0.29, 0.717) is 10.5 Å². The van der Waals surface area contributed by atoms with E-state index in [1.165, 1.54) is 12.1 Å². The second-order valence-corrected chi connectivity index (χ2v) is 8.12. The van der Waals surface area contributed by atoms with Gasteiger partial charge >= 0.3 is 12.8 Å². The third kappa shape index (κ3) is 3.50. The van der Waals surface area contributed by atoms with E-state index in [0.717, 1.165) is 25.7 Å². The summed E-state index contributed by atoms with van der Waals surface area (Å²) >= 11 is 6.40. The van der Waals surface area contributed by atoms with Crippen LogP contribution in [0.2, 0.25) is 5.02 Å². The summed E-state index contributed by atoms with van der Waals surface area (Å²) in [7, 11) is -0.753. The molecule has 136 valence electrons. The molecule has 1 aliphatic carbocycles. The summed E-state index contributed by atoms with van der Waals surface area (Å²) in [6.45, 7) is 7.69. The van der Waals surface area contributed by atoms with Crippen LogP contribution in [0, 0.1) is 10.1 Å². The predicted octanol–water partition coefficient (Wildman–Crippen LogP) is 3.87. The van der Waals surface area contributed by atoms with E-state index in [4.69, 9.17) is 25.6 Å². The van der Waals surface area contributed by atoms with Crippen molar-refractivity contribution >= 4 is 29.9 Å². The summed E-state index contributed by atoms with van der Waals surface area (Å²) < 4.78 is 17.8. The molecule has 1 aromatic rings. The minimum Gasteiger partial charge on any atom is -0.483 e. The standard InChI is InChI=1S/C17H23BClNO5/c1-16(2)17(3,4)25-18(24-16)12-9-14(20(21)22)15(10-13(12)19)23-11-7-5-6-8-11/h9-11H,5-8H2,1-4H3. The molecule has 1 saturated heterocycles. The first-order chi connectivity index (χ1) is 11.6. The molecule has 0 N–H and O–H groups in total. The number of ether oxygens (including phenoxy) is 1. The lowest BCUT2D eigenvalue weighted by molar-refractivity contribution is -0.386. The summed E-state index contributed by atoms with van der Waals surface area (Å²) in [4.78, 5) is 11.1. The van der Waals surface area contributed by atoms with Crippen molar-refractivity contribution in [1.82, 2.24) is 0 Å². The first kappa shape index (κ1) is 18.5. The fourth-order valence-corrected chi connectivity index (χ4v) is 3.38. The Balaban J connectivity index is 1.93. The van der Waals surface area contributed by atoms with Gasteiger partial charge in [-0.05, 0) is 53.4 Å². The van der Waals surface area contributed by atoms with Gasteiger partial charge in [0.2, 0.25) is 0 Å². The van der Waals surface area contributed by atoms with Crippen LogP contribution in [0.4, 0.5) is 5.69 Å². The zero-order valence-electron chi connectivity index (χ0n) is 15.0. The Kier molecular flexibility index (Phi) is 4.77. The Hall–Kier alpha value is -1.31. The lowest BCUT2D eigenvalue weighted by Gasteiger charge is -2.32. The monoisotopic (exact) mass is 367 g/mol. The van der Waals surface area contributed by atoms with Crippen LogP contribution in [0.1, 0.15) is 53.4 Å². The molecular formula is C17H23BClNO5. The highest BCUT2D eigenvalue weighted by Crippen LogP contribution is 2.39. The Morgan fingerprint density at radius 1 is 1.20 bits per heavy atom. The van der Waals surface area contributed by atoms with Gasteiger partial charge in [-0.25, -0.2) is 0 Å². The van der Waals surface area contributed by atoms with Gasteiger partial charge in [0.15, 0.2) is 5.75 Å². The van der Waals surface area contributed by atoms with Crippen molar-refractivity contribution in [2.75, 3.05) is 0 Å². The molecule has 1 heterocycles. The van der Waals surface area contributed by atoms with Crippen LogP contribution in [0.15, 0.2) is 12.1 Å². The van der Waals surface area contributed by atoms with Crippen molar-refractivity contribution in [3.8, 4) is 5.75 Å². The average molecular weight is 368 g/mol. The van der Waals surface area contributed by atoms with E-state index in [1.54, 1.807) is 0 Å². The average Bonchev–Trinajstić information content (AvgIpc) is 3.05. The molecule has 0 spiro atoms. The molecule has 0 amide bonds. The van der Waals surface area contributed by atoms with Gasteiger partial charge in [0, 0.05) is 22.6 Å². The zero-order chi connectivity index (χ0) is 18.4. The molecule has 8 heteroatoms. The van der Waals surface area contributed by atoms with Gasteiger partial charge < -0.3 is 14.0 Å². The van der Waals surface area contributed by atoms with E-state index in [1.807, 2.05) is 27.7 Å². The number of hydrogen-bond donors (Lipinski definition) is 0. The van der Waals surface area contributed by atoms with Gasteiger partial charge in [0.05, 0.1) is 22.2 Å². The van der Waals surface area contributed by atoms with Gasteiger partial charge in [-0.3, -0.25) is 10.1 Å². The maximum absolute atomic E-state index is 11.5. The van der Waals surface area contributed by atoms with E-state index in [2.05, 4.69) is 0 Å². The zero-order valence-corrected chi connectivity index (χ0v) is 15.8. The highest BCUT2D eigenvalue weighted by atomic mass is 35.5. The summed E-state index contributed by atoms with van der Waals surface area (Å²) in [6.07, 6.45) is 4.00. The number of hydrogen-bond acceptors (Lipinski definition) is 5. The smallest absolute Gasteiger partial charge is 0.483 e. The lowest BCUT2D eigenvalue weighted by Crippen LogP contribution is -2.41. The molecule has 0 unspecified atom stereocenters. The van der Waals surface area contributed by atoms with E-state index in [-0.39, 0.29) is 17.5 Å². The van der Waals surface area contributed by atoms with Crippen molar-refractivity contribution < 1.29 is 19.0 Å². The highest BCUT2D eigenvalue weighted by Gasteiger charge is 2.52. The lowest BCUT2D eigenvalue weighted by atomic mass is 9.78. The molecule has 25 heavy (non-hydrogen) atoms. The normalized spacial score (nSPS) is 22.4. The number of nitro groups is 1. The van der Waals surface area contributed by atoms with Gasteiger partial charge in [-0.15, -0.1) is 0 Å². The van der Waals surface area contributed by atoms with Crippen molar-refractivity contribution in [2.24, 2.45) is 0 Å². The van der Waals surface area contributed by atoms with E-state index < -0.39 is 23.2 Å². The molecule has 0 radical (unpaired) electrons. The third-order valence-electron chi connectivity index (χ3n) is 5.38. The number of nitro benzene ring substituents is 1. The SMILES string of the molecule is CC1(C)OB(c2cc([N+](=O)[O-])c(OC3CCCC3)cc2Cl)OC1(C)C. The molecule has 6 nitrogen and oxygen atoms in total. The summed E-state index contributed by atoms with van der Waals surface area (Å²) in [5.41, 5.74) is -0.754. The minimum absolute atomic E-state index is 0.0115. The second kappa shape index (κ2) is 6.45. The van der Waals surface area contributed by atoms with Crippen LogP contribution >= 0.6 is 11.6 Å². The number of rotatable bonds is 4. The maximum Gasteiger partial charge on any atom is 0.496 e. The highest BCUT2D eigenvalue weighted by molar-refractivity contribution is 6.65. The molecule has 1 saturated carbocycles. The quantitative estimate of drug-likeness (QED) is 0.459. The Labute approximate surface area is 153 Å². The maximum atomic E-state index is 11.5. The number of nitrogens with zero attached hydrogens (tertiary/aromatic N) is 1. The van der Waals surface area contributed by atoms with Gasteiger partial charge in [-0.1, -0.05) is 11.6 Å². The van der Waals surface area contributed by atoms with E-state index in [9.17, 15) is 10.1 Å². The van der Waals surface area contributed by atoms with Crippen molar-refractivity contribution in [3.05, 3.63) is 27.3 Å². The van der Waals surface area contributed by atoms with E-state index >= 15 is 0 Å². The largest absolute Gasteiger partial charge is 0.496 e. The van der Waals surface area contributed by atoms with Gasteiger partial charge in [0.25, 0.3) is 0 Å². The minimum atomic E-state index is -0.753. The Bertz CT molecular complexity index is 672. The van der Waals surface area contributed by atoms with Crippen molar-refractivity contribution in [1.29, 1.82) is 0 Å². The summed E-state index contributed by atoms with van der Waals surface area (Å²) in [5.74, 6) is 0.210. The predicted molar refractivity (Wildman–Crippen MR) is 96.7 cm³/mol. The molecular weight excluding hydrogens is 344 g/mol. The first-order valence-electron chi connectivity index (χ1n) is 8.61. The van der Waals surface area contributed by atoms with Crippen LogP contribution in [0.25, 0.3) is 0 Å². The van der Waals surface area contributed by atoms with Crippen LogP contribution < -0.4 is 10.2 Å². The molecule has 1 aromatic carbocycles. The van der Waals surface area contributed by atoms with Crippen LogP contribution in [0.3, 0.4) is 0 Å². The molecule has 0 aromatic heterocycles. The number of benzene rings is 1. The number of halogens is 1. The van der Waals surface area contributed by atoms with Gasteiger partial charge in [-0.2, -0.15) is 0 Å². The fourth-order valence-electron chi connectivity index (χ4n) is 3.13. The second-order valence-electron chi connectivity index (χ2n) is 7.71. The van der Waals surface area contributed by atoms with Crippen molar-refractivity contribution in [2.45, 2.75) is 70.7 Å². The molecule has 0 atom stereocenters. The fraction of sp³-hybridized carbons (Fsp3) is 0.647.